The predicted octanol–water partition coefficient (Wildman–Crippen LogP) is 3.44. The van der Waals surface area contributed by atoms with E-state index in [4.69, 9.17) is 4.98 Å². The summed E-state index contributed by atoms with van der Waals surface area (Å²) in [4.78, 5) is 35.4. The third kappa shape index (κ3) is 4.87. The van der Waals surface area contributed by atoms with Crippen molar-refractivity contribution in [1.29, 1.82) is 0 Å². The largest absolute Gasteiger partial charge is 0.342 e. The van der Waals surface area contributed by atoms with Crippen LogP contribution < -0.4 is 5.56 Å². The molecule has 1 aliphatic heterocycles. The topological polar surface area (TPSA) is 96.8 Å². The van der Waals surface area contributed by atoms with E-state index in [2.05, 4.69) is 47.3 Å². The highest BCUT2D eigenvalue weighted by Gasteiger charge is 2.27. The van der Waals surface area contributed by atoms with Crippen molar-refractivity contribution in [3.63, 3.8) is 0 Å². The van der Waals surface area contributed by atoms with Crippen LogP contribution in [0.3, 0.4) is 0 Å². The summed E-state index contributed by atoms with van der Waals surface area (Å²) < 4.78 is 1.69. The van der Waals surface area contributed by atoms with Crippen LogP contribution in [0.5, 0.6) is 0 Å². The summed E-state index contributed by atoms with van der Waals surface area (Å²) in [6.45, 7) is 7.90. The Morgan fingerprint density at radius 1 is 1.09 bits per heavy atom. The molecule has 3 heterocycles. The number of hydrogen-bond acceptors (Lipinski definition) is 5. The van der Waals surface area contributed by atoms with Crippen molar-refractivity contribution >= 4 is 17.1 Å². The van der Waals surface area contributed by atoms with E-state index in [0.29, 0.717) is 31.0 Å². The predicted molar refractivity (Wildman–Crippen MR) is 134 cm³/mol. The molecule has 1 fully saturated rings. The lowest BCUT2D eigenvalue weighted by atomic mass is 9.96. The SMILES string of the molecule is Cc1ccc(CC(=O)N2CCC[C@@H](c3nc4c(nnn4Cc4cc(C)ccc4C)c(=O)[nH]3)C2)cc1. The van der Waals surface area contributed by atoms with Gasteiger partial charge in [0.1, 0.15) is 5.82 Å². The fourth-order valence-electron chi connectivity index (χ4n) is 4.73. The summed E-state index contributed by atoms with van der Waals surface area (Å²) in [5.41, 5.74) is 6.05. The molecule has 1 aliphatic rings. The van der Waals surface area contributed by atoms with Crippen LogP contribution in [-0.4, -0.2) is 48.9 Å². The molecule has 0 unspecified atom stereocenters. The van der Waals surface area contributed by atoms with Crippen molar-refractivity contribution in [2.24, 2.45) is 0 Å². The molecule has 8 nitrogen and oxygen atoms in total. The van der Waals surface area contributed by atoms with E-state index in [9.17, 15) is 9.59 Å². The van der Waals surface area contributed by atoms with E-state index in [1.54, 1.807) is 4.68 Å². The summed E-state index contributed by atoms with van der Waals surface area (Å²) in [7, 11) is 0. The van der Waals surface area contributed by atoms with Gasteiger partial charge in [0.05, 0.1) is 13.0 Å². The number of nitrogens with one attached hydrogen (secondary N) is 1. The Hall–Kier alpha value is -3.81. The molecule has 8 heteroatoms. The van der Waals surface area contributed by atoms with Gasteiger partial charge in [-0.2, -0.15) is 0 Å². The lowest BCUT2D eigenvalue weighted by Crippen LogP contribution is -2.40. The Kier molecular flexibility index (Phi) is 6.19. The number of aryl methyl sites for hydroxylation is 3. The minimum absolute atomic E-state index is 0.0353. The number of amides is 1. The maximum Gasteiger partial charge on any atom is 0.281 e. The minimum Gasteiger partial charge on any atom is -0.342 e. The molecule has 4 aromatic rings. The molecular formula is C27H30N6O2. The van der Waals surface area contributed by atoms with Crippen molar-refractivity contribution in [2.75, 3.05) is 13.1 Å². The molecule has 1 amide bonds. The Morgan fingerprint density at radius 2 is 1.86 bits per heavy atom. The number of nitrogens with zero attached hydrogens (tertiary/aromatic N) is 5. The molecule has 1 saturated heterocycles. The molecule has 0 saturated carbocycles. The zero-order valence-electron chi connectivity index (χ0n) is 20.4. The quantitative estimate of drug-likeness (QED) is 0.482. The van der Waals surface area contributed by atoms with Crippen LogP contribution in [0.25, 0.3) is 11.2 Å². The van der Waals surface area contributed by atoms with E-state index < -0.39 is 0 Å². The van der Waals surface area contributed by atoms with Crippen molar-refractivity contribution in [3.05, 3.63) is 86.5 Å². The first-order valence-electron chi connectivity index (χ1n) is 12.1. The van der Waals surface area contributed by atoms with Crippen LogP contribution in [0.2, 0.25) is 0 Å². The highest BCUT2D eigenvalue weighted by atomic mass is 16.2. The van der Waals surface area contributed by atoms with Gasteiger partial charge >= 0.3 is 0 Å². The molecule has 35 heavy (non-hydrogen) atoms. The third-order valence-corrected chi connectivity index (χ3v) is 6.85. The zero-order valence-corrected chi connectivity index (χ0v) is 20.4. The second-order valence-electron chi connectivity index (χ2n) is 9.64. The lowest BCUT2D eigenvalue weighted by molar-refractivity contribution is -0.131. The number of benzene rings is 2. The summed E-state index contributed by atoms with van der Waals surface area (Å²) in [5.74, 6) is 0.662. The number of carbonyl (C=O) groups excluding carboxylic acids is 1. The first-order valence-corrected chi connectivity index (χ1v) is 12.1. The first-order chi connectivity index (χ1) is 16.9. The number of likely N-dealkylation sites (tertiary alicyclic amines) is 1. The van der Waals surface area contributed by atoms with Crippen molar-refractivity contribution < 1.29 is 4.79 Å². The van der Waals surface area contributed by atoms with Gasteiger partial charge in [-0.15, -0.1) is 5.10 Å². The number of piperidine rings is 1. The summed E-state index contributed by atoms with van der Waals surface area (Å²) >= 11 is 0. The van der Waals surface area contributed by atoms with Gasteiger partial charge in [-0.3, -0.25) is 9.59 Å². The van der Waals surface area contributed by atoms with Crippen molar-refractivity contribution in [1.82, 2.24) is 29.9 Å². The smallest absolute Gasteiger partial charge is 0.281 e. The molecule has 2 aromatic heterocycles. The van der Waals surface area contributed by atoms with Gasteiger partial charge in [-0.25, -0.2) is 9.67 Å². The molecule has 0 spiro atoms. The van der Waals surface area contributed by atoms with Crippen molar-refractivity contribution in [3.8, 4) is 0 Å². The molecule has 180 valence electrons. The van der Waals surface area contributed by atoms with Crippen LogP contribution in [0, 0.1) is 20.8 Å². The molecule has 2 aromatic carbocycles. The van der Waals surface area contributed by atoms with Gasteiger partial charge in [-0.05, 0) is 50.3 Å². The fourth-order valence-corrected chi connectivity index (χ4v) is 4.73. The highest BCUT2D eigenvalue weighted by Crippen LogP contribution is 2.25. The number of carbonyl (C=O) groups is 1. The van der Waals surface area contributed by atoms with Crippen LogP contribution in [0.1, 0.15) is 52.4 Å². The summed E-state index contributed by atoms with van der Waals surface area (Å²) in [6, 6.07) is 14.4. The van der Waals surface area contributed by atoms with Gasteiger partial charge in [0, 0.05) is 19.0 Å². The number of aromatic nitrogens is 5. The van der Waals surface area contributed by atoms with Gasteiger partial charge < -0.3 is 9.88 Å². The number of H-pyrrole nitrogens is 1. The molecule has 0 bridgehead atoms. The standard InChI is InChI=1S/C27H30N6O2/c1-17-7-10-20(11-8-17)14-23(34)32-12-4-5-21(15-32)25-28-26-24(27(35)29-25)30-31-33(26)16-22-13-18(2)6-9-19(22)3/h6-11,13,21H,4-5,12,14-16H2,1-3H3,(H,28,29,35)/t21-/m1/s1. The average molecular weight is 471 g/mol. The van der Waals surface area contributed by atoms with Gasteiger partial charge in [-0.1, -0.05) is 58.8 Å². The second kappa shape index (κ2) is 9.44. The van der Waals surface area contributed by atoms with E-state index in [1.807, 2.05) is 36.1 Å². The molecule has 0 aliphatic carbocycles. The fraction of sp³-hybridized carbons (Fsp3) is 0.370. The van der Waals surface area contributed by atoms with Gasteiger partial charge in [0.25, 0.3) is 5.56 Å². The molecule has 1 N–H and O–H groups in total. The molecule has 5 rings (SSSR count). The molecule has 1 atom stereocenters. The normalized spacial score (nSPS) is 16.1. The Balaban J connectivity index is 1.38. The van der Waals surface area contributed by atoms with Crippen LogP contribution in [0.15, 0.2) is 47.3 Å². The van der Waals surface area contributed by atoms with Gasteiger partial charge in [0.2, 0.25) is 5.91 Å². The zero-order chi connectivity index (χ0) is 24.5. The maximum absolute atomic E-state index is 13.0. The van der Waals surface area contributed by atoms with Crippen LogP contribution in [-0.2, 0) is 17.8 Å². The minimum atomic E-state index is -0.291. The average Bonchev–Trinajstić information content (AvgIpc) is 3.26. The van der Waals surface area contributed by atoms with E-state index in [0.717, 1.165) is 36.1 Å². The first kappa shape index (κ1) is 23.0. The molecular weight excluding hydrogens is 440 g/mol. The van der Waals surface area contributed by atoms with Crippen LogP contribution >= 0.6 is 0 Å². The van der Waals surface area contributed by atoms with Crippen LogP contribution in [0.4, 0.5) is 0 Å². The second-order valence-corrected chi connectivity index (χ2v) is 9.64. The summed E-state index contributed by atoms with van der Waals surface area (Å²) in [5, 5.41) is 8.32. The maximum atomic E-state index is 13.0. The number of fused-ring (bicyclic) bond motifs is 1. The molecule has 0 radical (unpaired) electrons. The highest BCUT2D eigenvalue weighted by molar-refractivity contribution is 5.79. The monoisotopic (exact) mass is 470 g/mol. The number of aromatic amines is 1. The summed E-state index contributed by atoms with van der Waals surface area (Å²) in [6.07, 6.45) is 2.11. The van der Waals surface area contributed by atoms with Crippen molar-refractivity contribution in [2.45, 2.75) is 52.5 Å². The van der Waals surface area contributed by atoms with E-state index >= 15 is 0 Å². The van der Waals surface area contributed by atoms with Gasteiger partial charge in [0.15, 0.2) is 11.2 Å². The van der Waals surface area contributed by atoms with E-state index in [1.165, 1.54) is 11.1 Å². The Morgan fingerprint density at radius 3 is 2.66 bits per heavy atom. The number of rotatable bonds is 5. The Labute approximate surface area is 204 Å². The lowest BCUT2D eigenvalue weighted by Gasteiger charge is -2.32. The number of hydrogen-bond donors (Lipinski definition) is 1. The third-order valence-electron chi connectivity index (χ3n) is 6.85. The van der Waals surface area contributed by atoms with E-state index in [-0.39, 0.29) is 22.9 Å². The Bertz CT molecular complexity index is 1440.